The van der Waals surface area contributed by atoms with Crippen molar-refractivity contribution in [3.8, 4) is 0 Å². The van der Waals surface area contributed by atoms with Gasteiger partial charge in [-0.15, -0.1) is 11.3 Å². The molecule has 0 aromatic carbocycles. The van der Waals surface area contributed by atoms with Gasteiger partial charge in [0, 0.05) is 69.8 Å². The molecular weight excluding hydrogens is 837 g/mol. The van der Waals surface area contributed by atoms with E-state index in [-0.39, 0.29) is 96.3 Å². The monoisotopic (exact) mass is 915 g/mol. The number of rotatable bonds is 15. The van der Waals surface area contributed by atoms with Gasteiger partial charge in [0.15, 0.2) is 18.4 Å². The van der Waals surface area contributed by atoms with Crippen LogP contribution in [0, 0.1) is 30.6 Å². The van der Waals surface area contributed by atoms with Gasteiger partial charge in [-0.3, -0.25) is 14.4 Å². The van der Waals surface area contributed by atoms with E-state index in [9.17, 15) is 9.59 Å². The van der Waals surface area contributed by atoms with Gasteiger partial charge in [0.1, 0.15) is 24.4 Å². The van der Waals surface area contributed by atoms with Crippen LogP contribution in [0.4, 0.5) is 0 Å². The van der Waals surface area contributed by atoms with Gasteiger partial charge in [-0.2, -0.15) is 0 Å². The van der Waals surface area contributed by atoms with E-state index in [1.165, 1.54) is 24.1 Å². The molecule has 0 spiro atoms. The fourth-order valence-corrected chi connectivity index (χ4v) is 13.4. The van der Waals surface area contributed by atoms with E-state index in [0.717, 1.165) is 49.2 Å². The number of unbranched alkanes of at least 4 members (excludes halogenated alkanes) is 4. The van der Waals surface area contributed by atoms with E-state index in [1.54, 1.807) is 32.7 Å². The van der Waals surface area contributed by atoms with Gasteiger partial charge < -0.3 is 42.8 Å². The Morgan fingerprint density at radius 1 is 0.875 bits per heavy atom. The molecule has 13 nitrogen and oxygen atoms in total. The molecule has 4 fully saturated rings. The molecule has 0 bridgehead atoms. The molecule has 3 saturated heterocycles. The first-order chi connectivity index (χ1) is 30.8. The summed E-state index contributed by atoms with van der Waals surface area (Å²) in [6.07, 6.45) is 10.7. The average molecular weight is 915 g/mol. The summed E-state index contributed by atoms with van der Waals surface area (Å²) in [5.41, 5.74) is 1.72. The fraction of sp³-hybridized carbons (Fsp3) is 0.840. The third-order valence-electron chi connectivity index (χ3n) is 15.7. The average Bonchev–Trinajstić information content (AvgIpc) is 3.98. The number of fused-ring (bicyclic) bond motifs is 8. The highest BCUT2D eigenvalue weighted by Crippen LogP contribution is 2.62. The minimum absolute atomic E-state index is 0.00691. The number of hydrogen-bond donors (Lipinski definition) is 0. The van der Waals surface area contributed by atoms with Crippen molar-refractivity contribution >= 4 is 29.0 Å². The van der Waals surface area contributed by atoms with E-state index < -0.39 is 30.7 Å². The molecule has 1 aromatic heterocycles. The zero-order valence-corrected chi connectivity index (χ0v) is 41.1. The molecular formula is C50H78N2O11S. The molecule has 1 saturated carbocycles. The van der Waals surface area contributed by atoms with E-state index in [4.69, 9.17) is 42.9 Å². The Bertz CT molecular complexity index is 1770. The Hall–Kier alpha value is -2.30. The van der Waals surface area contributed by atoms with E-state index in [1.807, 2.05) is 32.7 Å². The second-order valence-corrected chi connectivity index (χ2v) is 20.9. The number of likely N-dealkylation sites (N-methyl/N-ethyl adjacent to an activating group) is 1. The molecule has 6 aliphatic rings. The number of amides is 1. The first-order valence-corrected chi connectivity index (χ1v) is 25.5. The highest BCUT2D eigenvalue weighted by Gasteiger charge is 2.57. The van der Waals surface area contributed by atoms with Crippen molar-refractivity contribution in [2.24, 2.45) is 23.7 Å². The number of allylic oxidation sites excluding steroid dienone is 2. The summed E-state index contributed by atoms with van der Waals surface area (Å²) in [4.78, 5) is 50.6. The summed E-state index contributed by atoms with van der Waals surface area (Å²) in [5.74, 6) is -0.669. The number of aryl methyl sites for hydroxylation is 1. The minimum Gasteiger partial charge on any atom is -0.462 e. The first-order valence-electron chi connectivity index (χ1n) is 24.7. The summed E-state index contributed by atoms with van der Waals surface area (Å²) < 4.78 is 50.5. The first kappa shape index (κ1) is 49.6. The maximum atomic E-state index is 15.2. The lowest BCUT2D eigenvalue weighted by atomic mass is 9.67. The topological polar surface area (TPSA) is 141 Å². The number of Topliss-reactive ketones (excluding diaryl/α,β-unsaturated/α-hetero) is 1. The quantitative estimate of drug-likeness (QED) is 0.123. The largest absolute Gasteiger partial charge is 0.462 e. The fourth-order valence-electron chi connectivity index (χ4n) is 12.3. The molecule has 7 rings (SSSR count). The molecule has 1 aromatic rings. The van der Waals surface area contributed by atoms with Crippen molar-refractivity contribution in [2.75, 3.05) is 28.4 Å². The number of carbonyl (C=O) groups is 3. The Balaban J connectivity index is 1.10. The second-order valence-electron chi connectivity index (χ2n) is 19.7. The van der Waals surface area contributed by atoms with Crippen LogP contribution in [0.5, 0.6) is 0 Å². The van der Waals surface area contributed by atoms with Crippen molar-refractivity contribution in [3.05, 3.63) is 27.2 Å². The standard InChI is InChI=1S/C50H78N2O11S/c1-11-13-14-15-16-20-40(53)52(7)38-21-22-42(59-28(38)4)63-39-19-17-18-31(12-2)61-41(54)26-35-36(45(55)27(39)3)25-34-33-23-32(24-37(33)49-44(43(34)35)51-30(6)64-49)62-50-48(58-10)47(57-9)46(56-8)29(5)60-50/h25,27-29,31-35,37-39,42-43,46-48,50H,11-24,26H2,1-10H3/t27-,28-,29+,31+,32+,33+,34+,35-,37-,38+,39+,42+,43-,46+,47-,48-,50+/m1/s1. The molecule has 14 heteroatoms. The van der Waals surface area contributed by atoms with Crippen molar-refractivity contribution < 1.29 is 52.3 Å². The maximum absolute atomic E-state index is 15.2. The highest BCUT2D eigenvalue weighted by atomic mass is 32.1. The summed E-state index contributed by atoms with van der Waals surface area (Å²) in [5, 5.41) is 0.983. The van der Waals surface area contributed by atoms with E-state index in [2.05, 4.69) is 26.8 Å². The zero-order chi connectivity index (χ0) is 45.8. The number of ether oxygens (including phenoxy) is 8. The van der Waals surface area contributed by atoms with Gasteiger partial charge in [0.25, 0.3) is 0 Å². The van der Waals surface area contributed by atoms with Gasteiger partial charge in [-0.1, -0.05) is 52.5 Å². The summed E-state index contributed by atoms with van der Waals surface area (Å²) in [6.45, 7) is 12.3. The number of esters is 1. The van der Waals surface area contributed by atoms with E-state index >= 15 is 4.79 Å². The number of cyclic esters (lactones) is 1. The molecule has 4 heterocycles. The predicted molar refractivity (Wildman–Crippen MR) is 243 cm³/mol. The van der Waals surface area contributed by atoms with Gasteiger partial charge in [0.2, 0.25) is 5.91 Å². The number of thiazole rings is 1. The van der Waals surface area contributed by atoms with Crippen LogP contribution in [0.1, 0.15) is 158 Å². The third kappa shape index (κ3) is 10.5. The number of ketones is 1. The second kappa shape index (κ2) is 22.2. The minimum atomic E-state index is -0.645. The molecule has 3 aliphatic carbocycles. The Morgan fingerprint density at radius 3 is 2.33 bits per heavy atom. The summed E-state index contributed by atoms with van der Waals surface area (Å²) >= 11 is 1.73. The lowest BCUT2D eigenvalue weighted by Crippen LogP contribution is -2.59. The third-order valence-corrected chi connectivity index (χ3v) is 16.8. The molecule has 0 N–H and O–H groups in total. The number of hydrogen-bond acceptors (Lipinski definition) is 13. The predicted octanol–water partition coefficient (Wildman–Crippen LogP) is 8.59. The molecule has 1 amide bonds. The number of nitrogens with zero attached hydrogens (tertiary/aromatic N) is 2. The van der Waals surface area contributed by atoms with Gasteiger partial charge in [0.05, 0.1) is 47.6 Å². The number of carbonyl (C=O) groups excluding carboxylic acids is 3. The van der Waals surface area contributed by atoms with Gasteiger partial charge in [-0.25, -0.2) is 4.98 Å². The van der Waals surface area contributed by atoms with Crippen molar-refractivity contribution in [3.63, 3.8) is 0 Å². The lowest BCUT2D eigenvalue weighted by molar-refractivity contribution is -0.314. The van der Waals surface area contributed by atoms with Crippen molar-refractivity contribution in [1.29, 1.82) is 0 Å². The normalized spacial score (nSPS) is 39.1. The molecule has 0 radical (unpaired) electrons. The smallest absolute Gasteiger partial charge is 0.306 e. The molecule has 17 atom stereocenters. The molecule has 360 valence electrons. The van der Waals surface area contributed by atoms with Crippen LogP contribution in [-0.4, -0.2) is 123 Å². The Kier molecular flexibility index (Phi) is 17.2. The summed E-state index contributed by atoms with van der Waals surface area (Å²) in [7, 11) is 6.87. The Morgan fingerprint density at radius 2 is 1.62 bits per heavy atom. The van der Waals surface area contributed by atoms with E-state index in [0.29, 0.717) is 37.7 Å². The van der Waals surface area contributed by atoms with Crippen molar-refractivity contribution in [2.45, 2.75) is 217 Å². The van der Waals surface area contributed by atoms with Crippen LogP contribution in [0.2, 0.25) is 0 Å². The number of aromatic nitrogens is 1. The van der Waals surface area contributed by atoms with Crippen LogP contribution in [-0.2, 0) is 52.3 Å². The maximum Gasteiger partial charge on any atom is 0.306 e. The van der Waals surface area contributed by atoms with Crippen LogP contribution < -0.4 is 0 Å². The SMILES string of the molecule is CCCCCCCC(=O)N(C)[C@H]1CC[C@H](O[C@H]2CCC[C@H](CC)OC(=O)C[C@@H]3C(=C[C@H]4[C@@H]5C[C@H](O[C@@H]6O[C@@H](C)[C@H](OC)[C@@H](OC)[C@H]6OC)C[C@H]5c5sc(C)nc5[C@H]43)C(=O)[C@@H]2C)O[C@@H]1C. The van der Waals surface area contributed by atoms with Gasteiger partial charge >= 0.3 is 5.97 Å². The molecule has 0 unspecified atom stereocenters. The highest BCUT2D eigenvalue weighted by molar-refractivity contribution is 7.11. The van der Waals surface area contributed by atoms with Crippen molar-refractivity contribution in [1.82, 2.24) is 9.88 Å². The van der Waals surface area contributed by atoms with Gasteiger partial charge in [-0.05, 0) is 89.5 Å². The summed E-state index contributed by atoms with van der Waals surface area (Å²) in [6, 6.07) is -0.0276. The van der Waals surface area contributed by atoms with Crippen LogP contribution in [0.25, 0.3) is 0 Å². The van der Waals surface area contributed by atoms with Crippen LogP contribution in [0.3, 0.4) is 0 Å². The Labute approximate surface area is 386 Å². The lowest BCUT2D eigenvalue weighted by Gasteiger charge is -2.44. The van der Waals surface area contributed by atoms with Crippen LogP contribution >= 0.6 is 11.3 Å². The molecule has 64 heavy (non-hydrogen) atoms. The van der Waals surface area contributed by atoms with Crippen LogP contribution in [0.15, 0.2) is 11.6 Å². The molecule has 3 aliphatic heterocycles. The number of methoxy groups -OCH3 is 3. The zero-order valence-electron chi connectivity index (χ0n) is 40.3.